The highest BCUT2D eigenvalue weighted by atomic mass is 35.5. The third-order valence-corrected chi connectivity index (χ3v) is 4.46. The van der Waals surface area contributed by atoms with Gasteiger partial charge in [0.1, 0.15) is 6.10 Å². The van der Waals surface area contributed by atoms with Crippen LogP contribution in [0.5, 0.6) is 0 Å². The van der Waals surface area contributed by atoms with E-state index in [9.17, 15) is 4.79 Å². The summed E-state index contributed by atoms with van der Waals surface area (Å²) in [5.74, 6) is -0.227. The summed E-state index contributed by atoms with van der Waals surface area (Å²) in [4.78, 5) is 14.4. The van der Waals surface area contributed by atoms with Crippen LogP contribution in [0.3, 0.4) is 0 Å². The fourth-order valence-corrected chi connectivity index (χ4v) is 3.38. The Bertz CT molecular complexity index is 622. The second kappa shape index (κ2) is 7.27. The van der Waals surface area contributed by atoms with Crippen LogP contribution in [0.2, 0.25) is 10.0 Å². The number of thiophene rings is 1. The summed E-state index contributed by atoms with van der Waals surface area (Å²) in [7, 11) is 1.63. The fraction of sp³-hybridized carbons (Fsp3) is 0.267. The number of carbonyl (C=O) groups is 1. The predicted octanol–water partition coefficient (Wildman–Crippen LogP) is 4.48. The standard InChI is InChI=1S/C15H15Cl2NO2S/c1-9-3-4-14(21-9)13(20-2)8-18-15(19)10-5-11(16)7-12(17)6-10/h3-7,13H,8H2,1-2H3,(H,18,19). The first-order valence-corrected chi connectivity index (χ1v) is 7.90. The predicted molar refractivity (Wildman–Crippen MR) is 87.6 cm³/mol. The lowest BCUT2D eigenvalue weighted by atomic mass is 10.2. The number of hydrogen-bond donors (Lipinski definition) is 1. The van der Waals surface area contributed by atoms with Crippen LogP contribution in [0.1, 0.15) is 26.2 Å². The van der Waals surface area contributed by atoms with Crippen LogP contribution >= 0.6 is 34.5 Å². The van der Waals surface area contributed by atoms with Crippen molar-refractivity contribution in [2.75, 3.05) is 13.7 Å². The summed E-state index contributed by atoms with van der Waals surface area (Å²) in [6.07, 6.45) is -0.165. The zero-order valence-electron chi connectivity index (χ0n) is 11.7. The second-order valence-corrected chi connectivity index (χ2v) is 6.73. The molecule has 0 fully saturated rings. The number of ether oxygens (including phenoxy) is 1. The van der Waals surface area contributed by atoms with E-state index >= 15 is 0 Å². The van der Waals surface area contributed by atoms with E-state index in [4.69, 9.17) is 27.9 Å². The van der Waals surface area contributed by atoms with E-state index in [0.29, 0.717) is 22.2 Å². The first-order chi connectivity index (χ1) is 9.99. The first-order valence-electron chi connectivity index (χ1n) is 6.33. The number of rotatable bonds is 5. The average molecular weight is 344 g/mol. The summed E-state index contributed by atoms with van der Waals surface area (Å²) >= 11 is 13.4. The van der Waals surface area contributed by atoms with Crippen LogP contribution in [0.4, 0.5) is 0 Å². The molecule has 21 heavy (non-hydrogen) atoms. The Labute approximate surface area is 137 Å². The molecule has 2 rings (SSSR count). The van der Waals surface area contributed by atoms with Crippen molar-refractivity contribution >= 4 is 40.4 Å². The molecule has 0 saturated carbocycles. The van der Waals surface area contributed by atoms with Gasteiger partial charge in [-0.05, 0) is 37.3 Å². The van der Waals surface area contributed by atoms with Crippen LogP contribution in [0.25, 0.3) is 0 Å². The van der Waals surface area contributed by atoms with Gasteiger partial charge in [0, 0.05) is 39.0 Å². The third-order valence-electron chi connectivity index (χ3n) is 2.94. The Morgan fingerprint density at radius 2 is 1.95 bits per heavy atom. The molecule has 0 aliphatic rings. The van der Waals surface area contributed by atoms with E-state index < -0.39 is 0 Å². The van der Waals surface area contributed by atoms with Gasteiger partial charge in [-0.25, -0.2) is 0 Å². The molecule has 3 nitrogen and oxygen atoms in total. The molecule has 112 valence electrons. The van der Waals surface area contributed by atoms with Gasteiger partial charge in [0.2, 0.25) is 0 Å². The summed E-state index contributed by atoms with van der Waals surface area (Å²) in [6, 6.07) is 8.80. The van der Waals surface area contributed by atoms with Gasteiger partial charge >= 0.3 is 0 Å². The lowest BCUT2D eigenvalue weighted by molar-refractivity contribution is 0.0837. The van der Waals surface area contributed by atoms with E-state index in [2.05, 4.69) is 5.32 Å². The molecule has 1 aromatic heterocycles. The maximum absolute atomic E-state index is 12.1. The van der Waals surface area contributed by atoms with Gasteiger partial charge < -0.3 is 10.1 Å². The zero-order valence-corrected chi connectivity index (χ0v) is 14.0. The first kappa shape index (κ1) is 16.3. The normalized spacial score (nSPS) is 12.2. The highest BCUT2D eigenvalue weighted by Gasteiger charge is 2.15. The molecule has 2 aromatic rings. The molecule has 1 amide bonds. The summed E-state index contributed by atoms with van der Waals surface area (Å²) in [5, 5.41) is 3.71. The molecule has 1 unspecified atom stereocenters. The number of methoxy groups -OCH3 is 1. The number of carbonyl (C=O) groups excluding carboxylic acids is 1. The molecular formula is C15H15Cl2NO2S. The van der Waals surface area contributed by atoms with Crippen molar-refractivity contribution < 1.29 is 9.53 Å². The van der Waals surface area contributed by atoms with Crippen molar-refractivity contribution in [2.24, 2.45) is 0 Å². The van der Waals surface area contributed by atoms with E-state index in [0.717, 1.165) is 4.88 Å². The lowest BCUT2D eigenvalue weighted by Crippen LogP contribution is -2.28. The largest absolute Gasteiger partial charge is 0.374 e. The van der Waals surface area contributed by atoms with Gasteiger partial charge in [-0.1, -0.05) is 23.2 Å². The van der Waals surface area contributed by atoms with Gasteiger partial charge in [0.05, 0.1) is 0 Å². The molecule has 1 N–H and O–H groups in total. The van der Waals surface area contributed by atoms with E-state index in [1.807, 2.05) is 19.1 Å². The van der Waals surface area contributed by atoms with Crippen LogP contribution < -0.4 is 5.32 Å². The third kappa shape index (κ3) is 4.45. The number of aryl methyl sites for hydroxylation is 1. The van der Waals surface area contributed by atoms with Crippen LogP contribution in [0, 0.1) is 6.92 Å². The molecule has 0 aliphatic carbocycles. The SMILES string of the molecule is COC(CNC(=O)c1cc(Cl)cc(Cl)c1)c1ccc(C)s1. The van der Waals surface area contributed by atoms with Crippen molar-refractivity contribution in [1.29, 1.82) is 0 Å². The zero-order chi connectivity index (χ0) is 15.4. The minimum absolute atomic E-state index is 0.165. The molecule has 1 aromatic carbocycles. The van der Waals surface area contributed by atoms with Gasteiger partial charge in [-0.15, -0.1) is 11.3 Å². The number of halogens is 2. The minimum atomic E-state index is -0.227. The van der Waals surface area contributed by atoms with Crippen molar-refractivity contribution in [3.05, 3.63) is 55.7 Å². The number of benzene rings is 1. The molecule has 0 bridgehead atoms. The Morgan fingerprint density at radius 3 is 2.48 bits per heavy atom. The molecule has 0 saturated heterocycles. The van der Waals surface area contributed by atoms with Crippen LogP contribution in [-0.4, -0.2) is 19.6 Å². The lowest BCUT2D eigenvalue weighted by Gasteiger charge is -2.14. The van der Waals surface area contributed by atoms with E-state index in [1.165, 1.54) is 4.88 Å². The monoisotopic (exact) mass is 343 g/mol. The summed E-state index contributed by atoms with van der Waals surface area (Å²) < 4.78 is 5.43. The number of nitrogens with one attached hydrogen (secondary N) is 1. The van der Waals surface area contributed by atoms with Gasteiger partial charge in [0.25, 0.3) is 5.91 Å². The van der Waals surface area contributed by atoms with Crippen molar-refractivity contribution in [2.45, 2.75) is 13.0 Å². The van der Waals surface area contributed by atoms with Crippen LogP contribution in [-0.2, 0) is 4.74 Å². The number of hydrogen-bond acceptors (Lipinski definition) is 3. The van der Waals surface area contributed by atoms with Gasteiger partial charge in [0.15, 0.2) is 0 Å². The summed E-state index contributed by atoms with van der Waals surface area (Å²) in [5.41, 5.74) is 0.435. The molecule has 0 spiro atoms. The second-order valence-electron chi connectivity index (χ2n) is 4.54. The molecular weight excluding hydrogens is 329 g/mol. The van der Waals surface area contributed by atoms with E-state index in [1.54, 1.807) is 36.6 Å². The smallest absolute Gasteiger partial charge is 0.251 e. The van der Waals surface area contributed by atoms with Gasteiger partial charge in [-0.2, -0.15) is 0 Å². The average Bonchev–Trinajstić information content (AvgIpc) is 2.84. The van der Waals surface area contributed by atoms with E-state index in [-0.39, 0.29) is 12.0 Å². The summed E-state index contributed by atoms with van der Waals surface area (Å²) in [6.45, 7) is 2.42. The molecule has 0 radical (unpaired) electrons. The van der Waals surface area contributed by atoms with Crippen molar-refractivity contribution in [3.8, 4) is 0 Å². The van der Waals surface area contributed by atoms with Gasteiger partial charge in [-0.3, -0.25) is 4.79 Å². The van der Waals surface area contributed by atoms with Crippen molar-refractivity contribution in [1.82, 2.24) is 5.32 Å². The molecule has 1 atom stereocenters. The highest BCUT2D eigenvalue weighted by molar-refractivity contribution is 7.12. The van der Waals surface area contributed by atoms with Crippen molar-refractivity contribution in [3.63, 3.8) is 0 Å². The molecule has 1 heterocycles. The number of amides is 1. The Morgan fingerprint density at radius 1 is 1.29 bits per heavy atom. The fourth-order valence-electron chi connectivity index (χ4n) is 1.90. The minimum Gasteiger partial charge on any atom is -0.374 e. The Kier molecular flexibility index (Phi) is 5.65. The molecule has 6 heteroatoms. The Balaban J connectivity index is 2.02. The molecule has 0 aliphatic heterocycles. The Hall–Kier alpha value is -1.07. The quantitative estimate of drug-likeness (QED) is 0.868. The topological polar surface area (TPSA) is 38.3 Å². The maximum Gasteiger partial charge on any atom is 0.251 e. The highest BCUT2D eigenvalue weighted by Crippen LogP contribution is 2.25. The van der Waals surface area contributed by atoms with Crippen LogP contribution in [0.15, 0.2) is 30.3 Å². The maximum atomic E-state index is 12.1.